The van der Waals surface area contributed by atoms with E-state index in [1.54, 1.807) is 12.1 Å². The van der Waals surface area contributed by atoms with Crippen LogP contribution in [0.15, 0.2) is 66.9 Å². The molecule has 0 saturated carbocycles. The van der Waals surface area contributed by atoms with Crippen LogP contribution in [0.25, 0.3) is 0 Å². The molecule has 0 spiro atoms. The van der Waals surface area contributed by atoms with Crippen molar-refractivity contribution in [2.24, 2.45) is 7.05 Å². The fourth-order valence-corrected chi connectivity index (χ4v) is 4.08. The molecule has 1 aliphatic rings. The predicted molar refractivity (Wildman–Crippen MR) is 110 cm³/mol. The maximum Gasteiger partial charge on any atom is 0.123 e. The van der Waals surface area contributed by atoms with Crippen LogP contribution in [-0.2, 0) is 13.5 Å². The van der Waals surface area contributed by atoms with E-state index in [9.17, 15) is 4.39 Å². The summed E-state index contributed by atoms with van der Waals surface area (Å²) in [6.45, 7) is 5.04. The molecule has 146 valence electrons. The zero-order valence-corrected chi connectivity index (χ0v) is 16.3. The lowest BCUT2D eigenvalue weighted by atomic mass is 10.0. The minimum atomic E-state index is -0.149. The van der Waals surface area contributed by atoms with Gasteiger partial charge >= 0.3 is 0 Å². The topological polar surface area (TPSA) is 24.3 Å². The Kier molecular flexibility index (Phi) is 5.84. The number of benzene rings is 2. The van der Waals surface area contributed by atoms with Crippen LogP contribution in [0.5, 0.6) is 0 Å². The molecule has 1 atom stereocenters. The van der Waals surface area contributed by atoms with Crippen LogP contribution >= 0.6 is 0 Å². The lowest BCUT2D eigenvalue weighted by Crippen LogP contribution is -2.48. The van der Waals surface area contributed by atoms with E-state index >= 15 is 0 Å². The van der Waals surface area contributed by atoms with Gasteiger partial charge in [0, 0.05) is 46.0 Å². The lowest BCUT2D eigenvalue weighted by molar-refractivity contribution is 0.107. The second-order valence-electron chi connectivity index (χ2n) is 7.45. The van der Waals surface area contributed by atoms with Gasteiger partial charge in [0.15, 0.2) is 0 Å². The molecule has 0 N–H and O–H groups in total. The van der Waals surface area contributed by atoms with Crippen LogP contribution in [0.2, 0.25) is 0 Å². The summed E-state index contributed by atoms with van der Waals surface area (Å²) in [4.78, 5) is 5.03. The number of hydrogen-bond donors (Lipinski definition) is 0. The summed E-state index contributed by atoms with van der Waals surface area (Å²) in [7, 11) is 2.01. The largest absolute Gasteiger partial charge is 0.300 e. The molecule has 2 aromatic carbocycles. The van der Waals surface area contributed by atoms with E-state index in [1.807, 2.05) is 24.0 Å². The molecule has 4 nitrogen and oxygen atoms in total. The molecule has 1 aliphatic heterocycles. The minimum absolute atomic E-state index is 0.149. The molecule has 1 saturated heterocycles. The van der Waals surface area contributed by atoms with Gasteiger partial charge in [0.25, 0.3) is 0 Å². The van der Waals surface area contributed by atoms with Gasteiger partial charge in [-0.25, -0.2) is 4.39 Å². The monoisotopic (exact) mass is 378 g/mol. The Morgan fingerprint density at radius 3 is 2.43 bits per heavy atom. The van der Waals surface area contributed by atoms with Crippen LogP contribution in [0, 0.1) is 5.82 Å². The molecule has 1 aromatic heterocycles. The summed E-state index contributed by atoms with van der Waals surface area (Å²) in [5.74, 6) is -0.149. The first kappa shape index (κ1) is 18.8. The Hall–Kier alpha value is -2.50. The number of aryl methyl sites for hydroxylation is 1. The number of aromatic nitrogens is 2. The van der Waals surface area contributed by atoms with Gasteiger partial charge in [0.1, 0.15) is 5.82 Å². The smallest absolute Gasteiger partial charge is 0.123 e. The second-order valence-corrected chi connectivity index (χ2v) is 7.45. The molecule has 3 aromatic rings. The Morgan fingerprint density at radius 2 is 1.75 bits per heavy atom. The molecular weight excluding hydrogens is 351 g/mol. The molecule has 5 heteroatoms. The van der Waals surface area contributed by atoms with Crippen molar-refractivity contribution in [3.8, 4) is 0 Å². The number of halogens is 1. The maximum atomic E-state index is 13.4. The van der Waals surface area contributed by atoms with Crippen molar-refractivity contribution in [2.45, 2.75) is 12.5 Å². The van der Waals surface area contributed by atoms with Crippen molar-refractivity contribution < 1.29 is 4.39 Å². The quantitative estimate of drug-likeness (QED) is 0.656. The minimum Gasteiger partial charge on any atom is -0.300 e. The summed E-state index contributed by atoms with van der Waals surface area (Å²) in [5.41, 5.74) is 3.60. The first-order valence-corrected chi connectivity index (χ1v) is 9.94. The van der Waals surface area contributed by atoms with E-state index in [0.717, 1.165) is 44.7 Å². The van der Waals surface area contributed by atoms with Gasteiger partial charge in [0.2, 0.25) is 0 Å². The Morgan fingerprint density at radius 1 is 0.964 bits per heavy atom. The van der Waals surface area contributed by atoms with Crippen LogP contribution in [0.3, 0.4) is 0 Å². The zero-order valence-electron chi connectivity index (χ0n) is 16.3. The fourth-order valence-electron chi connectivity index (χ4n) is 4.08. The molecule has 1 unspecified atom stereocenters. The van der Waals surface area contributed by atoms with Crippen molar-refractivity contribution in [3.63, 3.8) is 0 Å². The second kappa shape index (κ2) is 8.67. The third kappa shape index (κ3) is 4.32. The molecule has 28 heavy (non-hydrogen) atoms. The highest BCUT2D eigenvalue weighted by Gasteiger charge is 2.28. The molecule has 0 aliphatic carbocycles. The van der Waals surface area contributed by atoms with Crippen LogP contribution in [0.1, 0.15) is 22.9 Å². The van der Waals surface area contributed by atoms with E-state index in [2.05, 4.69) is 51.3 Å². The van der Waals surface area contributed by atoms with Crippen molar-refractivity contribution in [3.05, 3.63) is 89.5 Å². The number of rotatable bonds is 6. The summed E-state index contributed by atoms with van der Waals surface area (Å²) < 4.78 is 15.4. The van der Waals surface area contributed by atoms with E-state index in [1.165, 1.54) is 17.3 Å². The van der Waals surface area contributed by atoms with Gasteiger partial charge in [-0.2, -0.15) is 5.10 Å². The number of piperazine rings is 1. The van der Waals surface area contributed by atoms with E-state index in [-0.39, 0.29) is 11.9 Å². The highest BCUT2D eigenvalue weighted by atomic mass is 19.1. The predicted octanol–water partition coefficient (Wildman–Crippen LogP) is 3.51. The molecule has 1 fully saturated rings. The van der Waals surface area contributed by atoms with Gasteiger partial charge in [-0.1, -0.05) is 42.5 Å². The van der Waals surface area contributed by atoms with E-state index in [0.29, 0.717) is 0 Å². The molecule has 0 bridgehead atoms. The van der Waals surface area contributed by atoms with Crippen molar-refractivity contribution >= 4 is 0 Å². The zero-order chi connectivity index (χ0) is 19.3. The summed E-state index contributed by atoms with van der Waals surface area (Å²) in [5, 5.41) is 4.39. The summed E-state index contributed by atoms with van der Waals surface area (Å²) in [6.07, 6.45) is 2.77. The van der Waals surface area contributed by atoms with Gasteiger partial charge < -0.3 is 4.90 Å². The summed E-state index contributed by atoms with van der Waals surface area (Å²) in [6, 6.07) is 20.0. The first-order valence-electron chi connectivity index (χ1n) is 9.94. The fraction of sp³-hybridized carbons (Fsp3) is 0.348. The van der Waals surface area contributed by atoms with E-state index < -0.39 is 0 Å². The molecule has 0 radical (unpaired) electrons. The van der Waals surface area contributed by atoms with Crippen molar-refractivity contribution in [2.75, 3.05) is 32.7 Å². The van der Waals surface area contributed by atoms with Gasteiger partial charge in [-0.3, -0.25) is 9.58 Å². The molecule has 2 heterocycles. The molecule has 0 amide bonds. The highest BCUT2D eigenvalue weighted by molar-refractivity contribution is 5.28. The Bertz CT molecular complexity index is 884. The third-order valence-electron chi connectivity index (χ3n) is 5.63. The Balaban J connectivity index is 1.41. The maximum absolute atomic E-state index is 13.4. The van der Waals surface area contributed by atoms with Crippen LogP contribution in [0.4, 0.5) is 4.39 Å². The highest BCUT2D eigenvalue weighted by Crippen LogP contribution is 2.29. The third-order valence-corrected chi connectivity index (χ3v) is 5.63. The average molecular weight is 378 g/mol. The SMILES string of the molecule is Cn1nccc1C(c1ccccc1)N1CCN(CCc2cccc(F)c2)CC1. The van der Waals surface area contributed by atoms with Gasteiger partial charge in [-0.15, -0.1) is 0 Å². The van der Waals surface area contributed by atoms with Crippen LogP contribution in [-0.4, -0.2) is 52.3 Å². The van der Waals surface area contributed by atoms with Crippen LogP contribution < -0.4 is 0 Å². The van der Waals surface area contributed by atoms with Crippen molar-refractivity contribution in [1.29, 1.82) is 0 Å². The van der Waals surface area contributed by atoms with E-state index in [4.69, 9.17) is 0 Å². The Labute approximate surface area is 166 Å². The molecule has 4 rings (SSSR count). The first-order chi connectivity index (χ1) is 13.7. The van der Waals surface area contributed by atoms with Gasteiger partial charge in [0.05, 0.1) is 11.7 Å². The summed E-state index contributed by atoms with van der Waals surface area (Å²) >= 11 is 0. The number of hydrogen-bond acceptors (Lipinski definition) is 3. The number of nitrogens with zero attached hydrogens (tertiary/aromatic N) is 4. The average Bonchev–Trinajstić information content (AvgIpc) is 3.14. The van der Waals surface area contributed by atoms with Gasteiger partial charge in [-0.05, 0) is 35.7 Å². The normalized spacial score (nSPS) is 16.9. The lowest BCUT2D eigenvalue weighted by Gasteiger charge is -2.39. The van der Waals surface area contributed by atoms with Crippen molar-refractivity contribution in [1.82, 2.24) is 19.6 Å². The molecular formula is C23H27FN4. The standard InChI is InChI=1S/C23H27FN4/c1-26-22(10-12-25-26)23(20-7-3-2-4-8-20)28-16-14-27(15-17-28)13-11-19-6-5-9-21(24)18-19/h2-10,12,18,23H,11,13-17H2,1H3.